The lowest BCUT2D eigenvalue weighted by atomic mass is 9.51. The van der Waals surface area contributed by atoms with Crippen LogP contribution in [0.5, 0.6) is 0 Å². The molecule has 0 aromatic carbocycles. The summed E-state index contributed by atoms with van der Waals surface area (Å²) in [7, 11) is 0. The van der Waals surface area contributed by atoms with Crippen molar-refractivity contribution in [2.45, 2.75) is 96.3 Å². The highest BCUT2D eigenvalue weighted by Crippen LogP contribution is 2.56. The van der Waals surface area contributed by atoms with Gasteiger partial charge in [0.25, 0.3) is 0 Å². The molecule has 1 radical (unpaired) electrons. The summed E-state index contributed by atoms with van der Waals surface area (Å²) in [5, 5.41) is 12.6. The standard InChI is InChI=1S/C20H33O2/c21-19(22)20(16-10-4-1-5-11-16,17-12-6-2-7-13-17)18-14-8-3-9-15-18/h16-18H,1-15H2. The molecule has 3 fully saturated rings. The van der Waals surface area contributed by atoms with Gasteiger partial charge in [0, 0.05) is 0 Å². The van der Waals surface area contributed by atoms with E-state index in [0.29, 0.717) is 17.8 Å². The van der Waals surface area contributed by atoms with Crippen molar-refractivity contribution in [3.63, 3.8) is 0 Å². The summed E-state index contributed by atoms with van der Waals surface area (Å²) in [5.74, 6) is 0.533. The average Bonchev–Trinajstić information content (AvgIpc) is 2.58. The van der Waals surface area contributed by atoms with Gasteiger partial charge in [-0.3, -0.25) is 0 Å². The highest BCUT2D eigenvalue weighted by Gasteiger charge is 2.56. The zero-order chi connectivity index (χ0) is 15.4. The first-order valence-electron chi connectivity index (χ1n) is 9.97. The first-order valence-corrected chi connectivity index (χ1v) is 9.97. The van der Waals surface area contributed by atoms with Crippen LogP contribution in [0, 0.1) is 23.2 Å². The minimum Gasteiger partial charge on any atom is -0.247 e. The van der Waals surface area contributed by atoms with Crippen LogP contribution in [0.15, 0.2) is 0 Å². The van der Waals surface area contributed by atoms with E-state index in [-0.39, 0.29) is 0 Å². The molecule has 2 nitrogen and oxygen atoms in total. The molecule has 125 valence electrons. The first-order chi connectivity index (χ1) is 10.8. The molecule has 0 unspecified atom stereocenters. The van der Waals surface area contributed by atoms with Crippen molar-refractivity contribution in [3.8, 4) is 0 Å². The summed E-state index contributed by atoms with van der Waals surface area (Å²) >= 11 is 0. The van der Waals surface area contributed by atoms with E-state index < -0.39 is 11.4 Å². The predicted octanol–water partition coefficient (Wildman–Crippen LogP) is 5.67. The molecule has 0 aromatic rings. The maximum atomic E-state index is 12.6. The molecule has 2 heteroatoms. The largest absolute Gasteiger partial charge is 0.362 e. The third-order valence-corrected chi connectivity index (χ3v) is 7.20. The summed E-state index contributed by atoms with van der Waals surface area (Å²) in [6.07, 6.45) is 18.2. The van der Waals surface area contributed by atoms with Crippen LogP contribution in [0.2, 0.25) is 0 Å². The summed E-state index contributed by atoms with van der Waals surface area (Å²) in [6, 6.07) is 0. The van der Waals surface area contributed by atoms with E-state index in [1.807, 2.05) is 0 Å². The van der Waals surface area contributed by atoms with E-state index in [0.717, 1.165) is 38.5 Å². The lowest BCUT2D eigenvalue weighted by Gasteiger charge is -2.51. The molecule has 3 rings (SSSR count). The van der Waals surface area contributed by atoms with Crippen LogP contribution in [0.25, 0.3) is 0 Å². The van der Waals surface area contributed by atoms with Crippen LogP contribution in [0.3, 0.4) is 0 Å². The van der Waals surface area contributed by atoms with Gasteiger partial charge in [0.15, 0.2) is 0 Å². The Morgan fingerprint density at radius 3 is 1.05 bits per heavy atom. The molecule has 0 aromatic heterocycles. The maximum Gasteiger partial charge on any atom is 0.362 e. The quantitative estimate of drug-likeness (QED) is 0.659. The van der Waals surface area contributed by atoms with Gasteiger partial charge in [0.1, 0.15) is 0 Å². The van der Waals surface area contributed by atoms with E-state index in [2.05, 4.69) is 0 Å². The Morgan fingerprint density at radius 1 is 0.545 bits per heavy atom. The van der Waals surface area contributed by atoms with Crippen molar-refractivity contribution < 1.29 is 9.90 Å². The van der Waals surface area contributed by atoms with Crippen molar-refractivity contribution in [2.24, 2.45) is 23.2 Å². The van der Waals surface area contributed by atoms with Gasteiger partial charge in [-0.1, -0.05) is 57.8 Å². The van der Waals surface area contributed by atoms with Gasteiger partial charge in [-0.2, -0.15) is 0 Å². The molecule has 3 saturated carbocycles. The zero-order valence-corrected chi connectivity index (χ0v) is 14.2. The van der Waals surface area contributed by atoms with Gasteiger partial charge >= 0.3 is 5.97 Å². The van der Waals surface area contributed by atoms with Gasteiger partial charge in [-0.25, -0.2) is 9.90 Å². The second kappa shape index (κ2) is 7.36. The van der Waals surface area contributed by atoms with Gasteiger partial charge in [0.05, 0.1) is 5.41 Å². The smallest absolute Gasteiger partial charge is 0.247 e. The Balaban J connectivity index is 1.94. The summed E-state index contributed by atoms with van der Waals surface area (Å²) in [5.41, 5.74) is -0.485. The van der Waals surface area contributed by atoms with E-state index in [9.17, 15) is 9.90 Å². The van der Waals surface area contributed by atoms with Crippen LogP contribution in [0.4, 0.5) is 0 Å². The average molecular weight is 305 g/mol. The summed E-state index contributed by atoms with van der Waals surface area (Å²) in [6.45, 7) is 0. The first kappa shape index (κ1) is 16.3. The fourth-order valence-electron chi connectivity index (χ4n) is 6.24. The predicted molar refractivity (Wildman–Crippen MR) is 87.9 cm³/mol. The van der Waals surface area contributed by atoms with Crippen LogP contribution < -0.4 is 0 Å². The Hall–Kier alpha value is -0.530. The molecule has 0 aliphatic heterocycles. The van der Waals surface area contributed by atoms with E-state index in [1.165, 1.54) is 57.8 Å². The Bertz CT molecular complexity index is 312. The van der Waals surface area contributed by atoms with Crippen molar-refractivity contribution in [1.29, 1.82) is 0 Å². The third-order valence-electron chi connectivity index (χ3n) is 7.20. The van der Waals surface area contributed by atoms with Crippen molar-refractivity contribution >= 4 is 5.97 Å². The lowest BCUT2D eigenvalue weighted by Crippen LogP contribution is -2.52. The monoisotopic (exact) mass is 305 g/mol. The lowest BCUT2D eigenvalue weighted by molar-refractivity contribution is -0.176. The molecular weight excluding hydrogens is 272 g/mol. The number of carbonyl (C=O) groups is 1. The fraction of sp³-hybridized carbons (Fsp3) is 0.950. The molecule has 0 saturated heterocycles. The minimum atomic E-state index is -0.668. The fourth-order valence-corrected chi connectivity index (χ4v) is 6.24. The molecule has 0 atom stereocenters. The van der Waals surface area contributed by atoms with Crippen molar-refractivity contribution in [3.05, 3.63) is 0 Å². The van der Waals surface area contributed by atoms with E-state index >= 15 is 0 Å². The molecule has 0 amide bonds. The molecule has 3 aliphatic carbocycles. The van der Waals surface area contributed by atoms with Gasteiger partial charge in [0.2, 0.25) is 0 Å². The van der Waals surface area contributed by atoms with Crippen LogP contribution >= 0.6 is 0 Å². The Kier molecular flexibility index (Phi) is 5.46. The third kappa shape index (κ3) is 2.95. The highest BCUT2D eigenvalue weighted by atomic mass is 16.4. The molecule has 0 heterocycles. The highest BCUT2D eigenvalue weighted by molar-refractivity contribution is 5.75. The molecule has 3 aliphatic rings. The maximum absolute atomic E-state index is 12.6. The van der Waals surface area contributed by atoms with Crippen LogP contribution in [-0.2, 0) is 9.90 Å². The second-order valence-corrected chi connectivity index (χ2v) is 8.23. The van der Waals surface area contributed by atoms with Gasteiger partial charge < -0.3 is 0 Å². The summed E-state index contributed by atoms with van der Waals surface area (Å²) in [4.78, 5) is 12.6. The van der Waals surface area contributed by atoms with Gasteiger partial charge in [-0.15, -0.1) is 0 Å². The van der Waals surface area contributed by atoms with Crippen molar-refractivity contribution in [2.75, 3.05) is 0 Å². The zero-order valence-electron chi connectivity index (χ0n) is 14.2. The Morgan fingerprint density at radius 2 is 0.818 bits per heavy atom. The molecule has 0 N–H and O–H groups in total. The van der Waals surface area contributed by atoms with Crippen molar-refractivity contribution in [1.82, 2.24) is 0 Å². The van der Waals surface area contributed by atoms with Crippen LogP contribution in [-0.4, -0.2) is 5.97 Å². The van der Waals surface area contributed by atoms with Gasteiger partial charge in [-0.05, 0) is 56.3 Å². The second-order valence-electron chi connectivity index (χ2n) is 8.23. The minimum absolute atomic E-state index is 0.400. The molecular formula is C20H33O2. The number of rotatable bonds is 4. The topological polar surface area (TPSA) is 37.0 Å². The number of hydrogen-bond donors (Lipinski definition) is 0. The number of carbonyl (C=O) groups excluding carboxylic acids is 1. The van der Waals surface area contributed by atoms with Crippen LogP contribution in [0.1, 0.15) is 96.3 Å². The molecule has 0 spiro atoms. The number of hydrogen-bond acceptors (Lipinski definition) is 1. The normalized spacial score (nSPS) is 26.9. The Labute approximate surface area is 136 Å². The molecule has 22 heavy (non-hydrogen) atoms. The molecule has 0 bridgehead atoms. The van der Waals surface area contributed by atoms with E-state index in [4.69, 9.17) is 0 Å². The SMILES string of the molecule is [O]C(=O)C(C1CCCCC1)(C1CCCCC1)C1CCCCC1. The van der Waals surface area contributed by atoms with E-state index in [1.54, 1.807) is 0 Å². The summed E-state index contributed by atoms with van der Waals surface area (Å²) < 4.78 is 0.